The first-order chi connectivity index (χ1) is 14.2. The number of para-hydroxylation sites is 1. The minimum atomic E-state index is -0.102. The SMILES string of the molecule is CN(Cc1nc2scc(-c3ccccc3)c2c(=O)[nH]1)c1cccc2cccnc12. The Kier molecular flexibility index (Phi) is 4.33. The van der Waals surface area contributed by atoms with Gasteiger partial charge >= 0.3 is 0 Å². The second-order valence-electron chi connectivity index (χ2n) is 6.92. The van der Waals surface area contributed by atoms with E-state index in [4.69, 9.17) is 4.98 Å². The second-order valence-corrected chi connectivity index (χ2v) is 7.77. The molecule has 0 saturated heterocycles. The van der Waals surface area contributed by atoms with Crippen molar-refractivity contribution < 1.29 is 0 Å². The molecular weight excluding hydrogens is 380 g/mol. The maximum absolute atomic E-state index is 12.9. The van der Waals surface area contributed by atoms with Gasteiger partial charge in [-0.1, -0.05) is 48.5 Å². The number of nitrogens with one attached hydrogen (secondary N) is 1. The molecule has 0 aliphatic heterocycles. The lowest BCUT2D eigenvalue weighted by molar-refractivity contribution is 0.844. The number of benzene rings is 2. The second kappa shape index (κ2) is 7.14. The van der Waals surface area contributed by atoms with E-state index in [1.165, 1.54) is 11.3 Å². The van der Waals surface area contributed by atoms with Crippen molar-refractivity contribution in [2.75, 3.05) is 11.9 Å². The van der Waals surface area contributed by atoms with Crippen molar-refractivity contribution in [2.45, 2.75) is 6.54 Å². The zero-order valence-corrected chi connectivity index (χ0v) is 16.6. The lowest BCUT2D eigenvalue weighted by Gasteiger charge is -2.20. The van der Waals surface area contributed by atoms with Gasteiger partial charge in [0.15, 0.2) is 0 Å². The molecule has 29 heavy (non-hydrogen) atoms. The summed E-state index contributed by atoms with van der Waals surface area (Å²) in [5.74, 6) is 0.638. The van der Waals surface area contributed by atoms with E-state index < -0.39 is 0 Å². The topological polar surface area (TPSA) is 61.9 Å². The first-order valence-electron chi connectivity index (χ1n) is 9.31. The molecule has 0 atom stereocenters. The van der Waals surface area contributed by atoms with Crippen LogP contribution in [0, 0.1) is 0 Å². The number of rotatable bonds is 4. The summed E-state index contributed by atoms with van der Waals surface area (Å²) in [6.07, 6.45) is 1.79. The Morgan fingerprint density at radius 3 is 2.72 bits per heavy atom. The van der Waals surface area contributed by atoms with Crippen LogP contribution in [0.15, 0.2) is 77.0 Å². The average Bonchev–Trinajstić information content (AvgIpc) is 3.18. The molecule has 0 radical (unpaired) electrons. The molecule has 0 aliphatic rings. The van der Waals surface area contributed by atoms with Gasteiger partial charge in [-0.3, -0.25) is 9.78 Å². The van der Waals surface area contributed by atoms with Crippen LogP contribution in [0.3, 0.4) is 0 Å². The molecule has 3 heterocycles. The van der Waals surface area contributed by atoms with Crippen molar-refractivity contribution in [2.24, 2.45) is 0 Å². The highest BCUT2D eigenvalue weighted by Gasteiger charge is 2.14. The number of hydrogen-bond acceptors (Lipinski definition) is 5. The van der Waals surface area contributed by atoms with Crippen LogP contribution in [0.2, 0.25) is 0 Å². The first-order valence-corrected chi connectivity index (χ1v) is 10.2. The highest BCUT2D eigenvalue weighted by Crippen LogP contribution is 2.31. The molecule has 6 heteroatoms. The molecule has 5 nitrogen and oxygen atoms in total. The number of aromatic amines is 1. The quantitative estimate of drug-likeness (QED) is 0.471. The fourth-order valence-corrected chi connectivity index (χ4v) is 4.57. The third-order valence-electron chi connectivity index (χ3n) is 4.99. The van der Waals surface area contributed by atoms with Gasteiger partial charge in [0, 0.05) is 29.6 Å². The lowest BCUT2D eigenvalue weighted by atomic mass is 10.1. The number of nitrogens with zero attached hydrogens (tertiary/aromatic N) is 3. The summed E-state index contributed by atoms with van der Waals surface area (Å²) in [6.45, 7) is 0.486. The van der Waals surface area contributed by atoms with E-state index in [0.717, 1.165) is 32.5 Å². The molecule has 0 spiro atoms. The Bertz CT molecular complexity index is 1370. The molecule has 1 N–H and O–H groups in total. The Labute approximate surface area is 171 Å². The number of thiophene rings is 1. The Hall–Kier alpha value is -3.51. The van der Waals surface area contributed by atoms with Crippen molar-refractivity contribution >= 4 is 38.1 Å². The van der Waals surface area contributed by atoms with Gasteiger partial charge in [0.1, 0.15) is 10.7 Å². The predicted octanol–water partition coefficient (Wildman–Crippen LogP) is 4.84. The Morgan fingerprint density at radius 1 is 1.03 bits per heavy atom. The van der Waals surface area contributed by atoms with Crippen LogP contribution in [0.4, 0.5) is 5.69 Å². The largest absolute Gasteiger partial charge is 0.365 e. The van der Waals surface area contributed by atoms with Crippen molar-refractivity contribution in [3.8, 4) is 11.1 Å². The first kappa shape index (κ1) is 17.6. The van der Waals surface area contributed by atoms with Crippen LogP contribution in [-0.4, -0.2) is 22.0 Å². The molecule has 5 rings (SSSR count). The van der Waals surface area contributed by atoms with E-state index in [0.29, 0.717) is 17.8 Å². The van der Waals surface area contributed by atoms with Gasteiger partial charge in [-0.2, -0.15) is 0 Å². The number of hydrogen-bond donors (Lipinski definition) is 1. The Balaban J connectivity index is 1.52. The monoisotopic (exact) mass is 398 g/mol. The summed E-state index contributed by atoms with van der Waals surface area (Å²) in [7, 11) is 1.98. The summed E-state index contributed by atoms with van der Waals surface area (Å²) < 4.78 is 0. The standard InChI is InChI=1S/C23H18N4OS/c1-27(18-11-5-9-16-10-6-12-24-21(16)18)13-19-25-22(28)20-17(14-29-23(20)26-19)15-7-3-2-4-8-15/h2-12,14H,13H2,1H3,(H,25,26,28). The lowest BCUT2D eigenvalue weighted by Crippen LogP contribution is -2.21. The van der Waals surface area contributed by atoms with Crippen molar-refractivity contribution in [3.63, 3.8) is 0 Å². The van der Waals surface area contributed by atoms with Crippen LogP contribution in [0.25, 0.3) is 32.2 Å². The number of H-pyrrole nitrogens is 1. The maximum Gasteiger partial charge on any atom is 0.260 e. The fraction of sp³-hybridized carbons (Fsp3) is 0.0870. The third-order valence-corrected chi connectivity index (χ3v) is 5.86. The molecule has 142 valence electrons. The Morgan fingerprint density at radius 2 is 1.86 bits per heavy atom. The highest BCUT2D eigenvalue weighted by atomic mass is 32.1. The molecular formula is C23H18N4OS. The molecule has 0 fully saturated rings. The molecule has 0 bridgehead atoms. The zero-order chi connectivity index (χ0) is 19.8. The van der Waals surface area contributed by atoms with Crippen LogP contribution in [-0.2, 0) is 6.54 Å². The van der Waals surface area contributed by atoms with Gasteiger partial charge in [0.05, 0.1) is 23.1 Å². The smallest absolute Gasteiger partial charge is 0.260 e. The van der Waals surface area contributed by atoms with E-state index in [9.17, 15) is 4.79 Å². The summed E-state index contributed by atoms with van der Waals surface area (Å²) in [5, 5.41) is 3.74. The minimum absolute atomic E-state index is 0.102. The van der Waals surface area contributed by atoms with E-state index in [-0.39, 0.29) is 5.56 Å². The number of fused-ring (bicyclic) bond motifs is 2. The predicted molar refractivity (Wildman–Crippen MR) is 120 cm³/mol. The summed E-state index contributed by atoms with van der Waals surface area (Å²) in [4.78, 5) is 27.9. The molecule has 0 aliphatic carbocycles. The fourth-order valence-electron chi connectivity index (χ4n) is 3.60. The van der Waals surface area contributed by atoms with Crippen LogP contribution in [0.1, 0.15) is 5.82 Å². The molecule has 3 aromatic heterocycles. The number of pyridine rings is 1. The normalized spacial score (nSPS) is 11.2. The van der Waals surface area contributed by atoms with Gasteiger partial charge in [-0.15, -0.1) is 11.3 Å². The van der Waals surface area contributed by atoms with E-state index in [1.807, 2.05) is 73.1 Å². The van der Waals surface area contributed by atoms with Crippen molar-refractivity contribution in [1.29, 1.82) is 0 Å². The van der Waals surface area contributed by atoms with Gasteiger partial charge in [0.2, 0.25) is 0 Å². The highest BCUT2D eigenvalue weighted by molar-refractivity contribution is 7.17. The van der Waals surface area contributed by atoms with Crippen LogP contribution >= 0.6 is 11.3 Å². The number of aromatic nitrogens is 3. The maximum atomic E-state index is 12.9. The minimum Gasteiger partial charge on any atom is -0.365 e. The molecule has 5 aromatic rings. The van der Waals surface area contributed by atoms with Gasteiger partial charge in [-0.05, 0) is 17.7 Å². The van der Waals surface area contributed by atoms with Gasteiger partial charge in [0.25, 0.3) is 5.56 Å². The third kappa shape index (κ3) is 3.17. The molecule has 0 saturated carbocycles. The van der Waals surface area contributed by atoms with Crippen molar-refractivity contribution in [1.82, 2.24) is 15.0 Å². The van der Waals surface area contributed by atoms with Crippen LogP contribution in [0.5, 0.6) is 0 Å². The van der Waals surface area contributed by atoms with E-state index >= 15 is 0 Å². The number of anilines is 1. The van der Waals surface area contributed by atoms with Gasteiger partial charge in [-0.25, -0.2) is 4.98 Å². The summed E-state index contributed by atoms with van der Waals surface area (Å²) in [5.41, 5.74) is 3.79. The van der Waals surface area contributed by atoms with Crippen molar-refractivity contribution in [3.05, 3.63) is 88.4 Å². The molecule has 0 unspecified atom stereocenters. The van der Waals surface area contributed by atoms with E-state index in [1.54, 1.807) is 6.20 Å². The summed E-state index contributed by atoms with van der Waals surface area (Å²) >= 11 is 1.50. The molecule has 2 aromatic carbocycles. The van der Waals surface area contributed by atoms with Gasteiger partial charge < -0.3 is 9.88 Å². The summed E-state index contributed by atoms with van der Waals surface area (Å²) in [6, 6.07) is 20.0. The van der Waals surface area contributed by atoms with Crippen LogP contribution < -0.4 is 10.5 Å². The molecule has 0 amide bonds. The zero-order valence-electron chi connectivity index (χ0n) is 15.8. The van der Waals surface area contributed by atoms with E-state index in [2.05, 4.69) is 14.9 Å². The average molecular weight is 398 g/mol.